The molecule has 3 fully saturated rings. The van der Waals surface area contributed by atoms with E-state index in [1.54, 1.807) is 0 Å². The minimum atomic E-state index is 0.0696. The highest BCUT2D eigenvalue weighted by Crippen LogP contribution is 2.39. The van der Waals surface area contributed by atoms with Gasteiger partial charge in [0.05, 0.1) is 5.03 Å². The molecule has 1 saturated carbocycles. The molecule has 1 aliphatic carbocycles. The molecule has 2 atom stereocenters. The summed E-state index contributed by atoms with van der Waals surface area (Å²) in [5, 5.41) is 6.03. The van der Waals surface area contributed by atoms with E-state index < -0.39 is 0 Å². The van der Waals surface area contributed by atoms with Crippen LogP contribution in [0.5, 0.6) is 0 Å². The third kappa shape index (κ3) is 5.53. The molecule has 5 heteroatoms. The lowest BCUT2D eigenvalue weighted by Gasteiger charge is -2.37. The Kier molecular flexibility index (Phi) is 7.80. The van der Waals surface area contributed by atoms with Crippen molar-refractivity contribution in [1.82, 2.24) is 10.2 Å². The van der Waals surface area contributed by atoms with Gasteiger partial charge in [-0.05, 0) is 87.0 Å². The zero-order valence-corrected chi connectivity index (χ0v) is 22.5. The minimum absolute atomic E-state index is 0.0696. The second kappa shape index (κ2) is 10.5. The van der Waals surface area contributed by atoms with Crippen LogP contribution < -0.4 is 15.8 Å². The Morgan fingerprint density at radius 2 is 1.71 bits per heavy atom. The number of hydrogen-bond donors (Lipinski definition) is 1. The third-order valence-corrected chi connectivity index (χ3v) is 9.07. The molecule has 4 rings (SSSR count). The molecule has 2 unspecified atom stereocenters. The predicted octanol–water partition coefficient (Wildman–Crippen LogP) is 5.12. The largest absolute Gasteiger partial charge is 0.382 e. The van der Waals surface area contributed by atoms with Crippen LogP contribution >= 0.6 is 11.6 Å². The topological polar surface area (TPSA) is 49.4 Å². The molecule has 35 heavy (non-hydrogen) atoms. The lowest BCUT2D eigenvalue weighted by Crippen LogP contribution is -2.47. The number of allylic oxidation sites excluding steroid dienone is 1. The molecule has 0 spiro atoms. The Morgan fingerprint density at radius 1 is 1.09 bits per heavy atom. The number of aldehydes is 1. The van der Waals surface area contributed by atoms with Crippen LogP contribution in [0.4, 0.5) is 0 Å². The SMILES string of the molecule is C=C(NC1CCC(C(C)(C)C)CC1)/C(Cl)=c1/ccc(C(=O)N2C3CCC2CC(C=O)C3)c/c1=C/C. The zero-order chi connectivity index (χ0) is 25.3. The van der Waals surface area contributed by atoms with Gasteiger partial charge < -0.3 is 15.0 Å². The fourth-order valence-electron chi connectivity index (χ4n) is 6.52. The average molecular weight is 497 g/mol. The average Bonchev–Trinajstić information content (AvgIpc) is 3.11. The van der Waals surface area contributed by atoms with Crippen LogP contribution in [0.25, 0.3) is 11.1 Å². The lowest BCUT2D eigenvalue weighted by molar-refractivity contribution is -0.112. The van der Waals surface area contributed by atoms with Crippen molar-refractivity contribution in [3.05, 3.63) is 46.5 Å². The maximum absolute atomic E-state index is 13.5. The molecule has 1 amide bonds. The Balaban J connectivity index is 1.49. The van der Waals surface area contributed by atoms with E-state index in [-0.39, 0.29) is 23.9 Å². The van der Waals surface area contributed by atoms with Crippen molar-refractivity contribution in [2.45, 2.75) is 97.2 Å². The van der Waals surface area contributed by atoms with Crippen LogP contribution in [0, 0.1) is 17.3 Å². The van der Waals surface area contributed by atoms with Gasteiger partial charge in [-0.2, -0.15) is 0 Å². The van der Waals surface area contributed by atoms with Crippen molar-refractivity contribution >= 4 is 34.9 Å². The van der Waals surface area contributed by atoms with E-state index in [9.17, 15) is 9.59 Å². The molecule has 1 aromatic rings. The van der Waals surface area contributed by atoms with Crippen molar-refractivity contribution in [2.75, 3.05) is 0 Å². The van der Waals surface area contributed by atoms with E-state index in [2.05, 4.69) is 32.7 Å². The molecule has 1 aromatic carbocycles. The van der Waals surface area contributed by atoms with Crippen molar-refractivity contribution in [2.24, 2.45) is 17.3 Å². The second-order valence-electron chi connectivity index (χ2n) is 11.9. The van der Waals surface area contributed by atoms with Crippen LogP contribution in [-0.2, 0) is 4.79 Å². The van der Waals surface area contributed by atoms with Gasteiger partial charge >= 0.3 is 0 Å². The van der Waals surface area contributed by atoms with Gasteiger partial charge in [-0.3, -0.25) is 4.79 Å². The van der Waals surface area contributed by atoms with E-state index >= 15 is 0 Å². The molecule has 4 nitrogen and oxygen atoms in total. The van der Waals surface area contributed by atoms with Crippen molar-refractivity contribution in [1.29, 1.82) is 0 Å². The number of hydrogen-bond acceptors (Lipinski definition) is 3. The Hall–Kier alpha value is -2.07. The predicted molar refractivity (Wildman–Crippen MR) is 144 cm³/mol. The Morgan fingerprint density at radius 3 is 2.26 bits per heavy atom. The van der Waals surface area contributed by atoms with Crippen LogP contribution in [-0.4, -0.2) is 35.2 Å². The quantitative estimate of drug-likeness (QED) is 0.575. The molecule has 190 valence electrons. The summed E-state index contributed by atoms with van der Waals surface area (Å²) in [6, 6.07) is 6.55. The summed E-state index contributed by atoms with van der Waals surface area (Å²) < 4.78 is 0. The van der Waals surface area contributed by atoms with Gasteiger partial charge in [-0.15, -0.1) is 0 Å². The highest BCUT2D eigenvalue weighted by atomic mass is 35.5. The third-order valence-electron chi connectivity index (χ3n) is 8.64. The van der Waals surface area contributed by atoms with Gasteiger partial charge in [0.1, 0.15) is 6.29 Å². The normalized spacial score (nSPS) is 30.1. The van der Waals surface area contributed by atoms with Crippen LogP contribution in [0.2, 0.25) is 0 Å². The first-order chi connectivity index (χ1) is 16.6. The highest BCUT2D eigenvalue weighted by molar-refractivity contribution is 6.48. The van der Waals surface area contributed by atoms with Gasteiger partial charge in [0.2, 0.25) is 0 Å². The highest BCUT2D eigenvalue weighted by Gasteiger charge is 2.43. The Bertz CT molecular complexity index is 1080. The van der Waals surface area contributed by atoms with Crippen molar-refractivity contribution in [3.63, 3.8) is 0 Å². The van der Waals surface area contributed by atoms with Crippen LogP contribution in [0.3, 0.4) is 0 Å². The Labute approximate surface area is 215 Å². The van der Waals surface area contributed by atoms with E-state index in [1.165, 1.54) is 12.8 Å². The van der Waals surface area contributed by atoms with Crippen LogP contribution in [0.1, 0.15) is 89.4 Å². The standard InChI is InChI=1S/C30H41ClN2O2/c1-6-21-17-22(29(35)33-25-12-13-26(33)16-20(15-25)18-34)7-14-27(21)28(31)19(2)32-24-10-8-23(9-11-24)30(3,4)5/h6-7,14,17-18,20,23-26,32H,2,8-13,15-16H2,1,3-5H3/b21-6-,28-27+. The first kappa shape index (κ1) is 26.0. The van der Waals surface area contributed by atoms with Crippen LogP contribution in [0.15, 0.2) is 30.5 Å². The second-order valence-corrected chi connectivity index (χ2v) is 12.3. The molecule has 2 bridgehead atoms. The number of carbonyl (C=O) groups is 2. The fourth-order valence-corrected chi connectivity index (χ4v) is 6.75. The molecular weight excluding hydrogens is 456 g/mol. The monoisotopic (exact) mass is 496 g/mol. The van der Waals surface area contributed by atoms with Gasteiger partial charge in [-0.1, -0.05) is 51.1 Å². The number of nitrogens with zero attached hydrogens (tertiary/aromatic N) is 1. The first-order valence-electron chi connectivity index (χ1n) is 13.3. The number of benzene rings is 1. The maximum Gasteiger partial charge on any atom is 0.254 e. The number of rotatable bonds is 5. The summed E-state index contributed by atoms with van der Waals surface area (Å²) in [4.78, 5) is 26.8. The molecule has 2 heterocycles. The molecule has 1 N–H and O–H groups in total. The summed E-state index contributed by atoms with van der Waals surface area (Å²) >= 11 is 6.84. The number of carbonyl (C=O) groups excluding carboxylic acids is 2. The van der Waals surface area contributed by atoms with Gasteiger partial charge in [0.15, 0.2) is 0 Å². The minimum Gasteiger partial charge on any atom is -0.382 e. The number of piperidine rings is 1. The van der Waals surface area contributed by atoms with Gasteiger partial charge in [0, 0.05) is 40.5 Å². The summed E-state index contributed by atoms with van der Waals surface area (Å²) in [7, 11) is 0. The van der Waals surface area contributed by atoms with E-state index in [0.717, 1.165) is 66.9 Å². The van der Waals surface area contributed by atoms with E-state index in [0.29, 0.717) is 22.1 Å². The summed E-state index contributed by atoms with van der Waals surface area (Å²) in [6.07, 6.45) is 11.4. The molecule has 0 radical (unpaired) electrons. The molecule has 2 aliphatic heterocycles. The van der Waals surface area contributed by atoms with Crippen molar-refractivity contribution < 1.29 is 9.59 Å². The maximum atomic E-state index is 13.5. The number of amides is 1. The number of fused-ring (bicyclic) bond motifs is 2. The zero-order valence-electron chi connectivity index (χ0n) is 21.8. The summed E-state index contributed by atoms with van der Waals surface area (Å²) in [5.41, 5.74) is 1.80. The number of halogens is 1. The van der Waals surface area contributed by atoms with Crippen molar-refractivity contribution in [3.8, 4) is 0 Å². The summed E-state index contributed by atoms with van der Waals surface area (Å²) in [5.74, 6) is 0.924. The number of nitrogens with one attached hydrogen (secondary N) is 1. The smallest absolute Gasteiger partial charge is 0.254 e. The van der Waals surface area contributed by atoms with E-state index in [4.69, 9.17) is 11.6 Å². The van der Waals surface area contributed by atoms with E-state index in [1.807, 2.05) is 36.1 Å². The fraction of sp³-hybridized carbons (Fsp3) is 0.600. The molecule has 2 saturated heterocycles. The molecular formula is C30H41ClN2O2. The van der Waals surface area contributed by atoms with Gasteiger partial charge in [-0.25, -0.2) is 0 Å². The molecule has 0 aromatic heterocycles. The van der Waals surface area contributed by atoms with Gasteiger partial charge in [0.25, 0.3) is 5.91 Å². The summed E-state index contributed by atoms with van der Waals surface area (Å²) in [6.45, 7) is 13.2. The first-order valence-corrected chi connectivity index (χ1v) is 13.7. The molecule has 3 aliphatic rings. The lowest BCUT2D eigenvalue weighted by atomic mass is 9.71.